The number of hydrogen-bond donors (Lipinski definition) is 4. The normalized spacial score (nSPS) is 9.95. The molecule has 0 bridgehead atoms. The summed E-state index contributed by atoms with van der Waals surface area (Å²) < 4.78 is 0. The van der Waals surface area contributed by atoms with Crippen LogP contribution in [0.5, 0.6) is 11.5 Å². The Morgan fingerprint density at radius 3 is 2.10 bits per heavy atom. The molecule has 0 radical (unpaired) electrons. The SMILES string of the molecule is CC(=O)Nc1ccc(NC(=S)c2ccc(O)cc2O)cc1. The average molecular weight is 302 g/mol. The van der Waals surface area contributed by atoms with Crippen molar-refractivity contribution >= 4 is 34.5 Å². The maximum atomic E-state index is 10.9. The highest BCUT2D eigenvalue weighted by Gasteiger charge is 2.08. The molecule has 1 amide bonds. The molecule has 0 fully saturated rings. The zero-order chi connectivity index (χ0) is 15.4. The van der Waals surface area contributed by atoms with Crippen molar-refractivity contribution in [1.82, 2.24) is 0 Å². The minimum absolute atomic E-state index is 0.0290. The predicted octanol–water partition coefficient (Wildman–Crippen LogP) is 2.84. The van der Waals surface area contributed by atoms with Crippen molar-refractivity contribution in [1.29, 1.82) is 0 Å². The Labute approximate surface area is 127 Å². The summed E-state index contributed by atoms with van der Waals surface area (Å²) >= 11 is 5.21. The Balaban J connectivity index is 2.10. The highest BCUT2D eigenvalue weighted by molar-refractivity contribution is 7.81. The van der Waals surface area contributed by atoms with Crippen LogP contribution < -0.4 is 10.6 Å². The molecule has 21 heavy (non-hydrogen) atoms. The van der Waals surface area contributed by atoms with Crippen molar-refractivity contribution in [2.75, 3.05) is 10.6 Å². The number of aromatic hydroxyl groups is 2. The fourth-order valence-electron chi connectivity index (χ4n) is 1.75. The van der Waals surface area contributed by atoms with E-state index in [-0.39, 0.29) is 17.4 Å². The number of anilines is 2. The molecule has 0 aliphatic heterocycles. The summed E-state index contributed by atoms with van der Waals surface area (Å²) in [6.07, 6.45) is 0. The molecular weight excluding hydrogens is 288 g/mol. The van der Waals surface area contributed by atoms with Gasteiger partial charge in [-0.1, -0.05) is 12.2 Å². The first-order valence-electron chi connectivity index (χ1n) is 6.16. The summed E-state index contributed by atoms with van der Waals surface area (Å²) in [5.74, 6) is -0.263. The molecule has 0 heterocycles. The van der Waals surface area contributed by atoms with Crippen molar-refractivity contribution in [3.05, 3.63) is 48.0 Å². The van der Waals surface area contributed by atoms with Gasteiger partial charge >= 0.3 is 0 Å². The summed E-state index contributed by atoms with van der Waals surface area (Å²) in [4.78, 5) is 11.3. The fourth-order valence-corrected chi connectivity index (χ4v) is 2.04. The molecule has 0 atom stereocenters. The van der Waals surface area contributed by atoms with Crippen molar-refractivity contribution < 1.29 is 15.0 Å². The summed E-state index contributed by atoms with van der Waals surface area (Å²) in [6.45, 7) is 1.44. The number of amides is 1. The zero-order valence-electron chi connectivity index (χ0n) is 11.3. The van der Waals surface area contributed by atoms with Gasteiger partial charge in [0.25, 0.3) is 0 Å². The van der Waals surface area contributed by atoms with Gasteiger partial charge in [0, 0.05) is 24.4 Å². The molecule has 0 aliphatic carbocycles. The summed E-state index contributed by atoms with van der Waals surface area (Å²) in [6, 6.07) is 11.2. The van der Waals surface area contributed by atoms with Gasteiger partial charge < -0.3 is 20.8 Å². The molecule has 0 aliphatic rings. The maximum absolute atomic E-state index is 10.9. The van der Waals surface area contributed by atoms with E-state index in [4.69, 9.17) is 12.2 Å². The molecule has 2 aromatic carbocycles. The highest BCUT2D eigenvalue weighted by Crippen LogP contribution is 2.24. The van der Waals surface area contributed by atoms with Crippen molar-refractivity contribution in [3.8, 4) is 11.5 Å². The van der Waals surface area contributed by atoms with E-state index < -0.39 is 0 Å². The highest BCUT2D eigenvalue weighted by atomic mass is 32.1. The molecule has 0 saturated heterocycles. The van der Waals surface area contributed by atoms with Gasteiger partial charge in [-0.3, -0.25) is 4.79 Å². The Bertz CT molecular complexity index is 684. The molecule has 108 valence electrons. The van der Waals surface area contributed by atoms with E-state index in [1.165, 1.54) is 25.1 Å². The monoisotopic (exact) mass is 302 g/mol. The van der Waals surface area contributed by atoms with E-state index in [1.54, 1.807) is 24.3 Å². The minimum atomic E-state index is -0.139. The first kappa shape index (κ1) is 14.8. The Morgan fingerprint density at radius 1 is 1.00 bits per heavy atom. The number of hydrogen-bond acceptors (Lipinski definition) is 4. The van der Waals surface area contributed by atoms with Crippen molar-refractivity contribution in [3.63, 3.8) is 0 Å². The second-order valence-electron chi connectivity index (χ2n) is 4.41. The Hall–Kier alpha value is -2.60. The first-order valence-corrected chi connectivity index (χ1v) is 6.57. The second kappa shape index (κ2) is 6.23. The van der Waals surface area contributed by atoms with Crippen molar-refractivity contribution in [2.24, 2.45) is 0 Å². The molecule has 0 aromatic heterocycles. The lowest BCUT2D eigenvalue weighted by atomic mass is 10.2. The fraction of sp³-hybridized carbons (Fsp3) is 0.0667. The number of rotatable bonds is 3. The largest absolute Gasteiger partial charge is 0.508 e. The van der Waals surface area contributed by atoms with Crippen LogP contribution in [0.25, 0.3) is 0 Å². The van der Waals surface area contributed by atoms with Gasteiger partial charge in [-0.05, 0) is 36.4 Å². The second-order valence-corrected chi connectivity index (χ2v) is 4.82. The molecular formula is C15H14N2O3S. The van der Waals surface area contributed by atoms with Gasteiger partial charge in [0.1, 0.15) is 16.5 Å². The lowest BCUT2D eigenvalue weighted by molar-refractivity contribution is -0.114. The minimum Gasteiger partial charge on any atom is -0.508 e. The number of carbonyl (C=O) groups is 1. The van der Waals surface area contributed by atoms with Gasteiger partial charge in [0.2, 0.25) is 5.91 Å². The van der Waals surface area contributed by atoms with Gasteiger partial charge in [0.15, 0.2) is 0 Å². The third-order valence-corrected chi connectivity index (χ3v) is 3.01. The van der Waals surface area contributed by atoms with Gasteiger partial charge in [-0.25, -0.2) is 0 Å². The lowest BCUT2D eigenvalue weighted by Gasteiger charge is -2.10. The van der Waals surface area contributed by atoms with Crippen LogP contribution in [0.2, 0.25) is 0 Å². The van der Waals surface area contributed by atoms with Gasteiger partial charge in [-0.15, -0.1) is 0 Å². The number of benzene rings is 2. The Morgan fingerprint density at radius 2 is 1.57 bits per heavy atom. The van der Waals surface area contributed by atoms with Crippen LogP contribution in [0.4, 0.5) is 11.4 Å². The summed E-state index contributed by atoms with van der Waals surface area (Å²) in [5, 5.41) is 24.6. The van der Waals surface area contributed by atoms with E-state index in [2.05, 4.69) is 10.6 Å². The molecule has 2 aromatic rings. The van der Waals surface area contributed by atoms with E-state index in [0.717, 1.165) is 5.69 Å². The number of phenolic OH excluding ortho intramolecular Hbond substituents is 2. The van der Waals surface area contributed by atoms with E-state index in [1.807, 2.05) is 0 Å². The van der Waals surface area contributed by atoms with Crippen LogP contribution in [0.1, 0.15) is 12.5 Å². The van der Waals surface area contributed by atoms with Crippen molar-refractivity contribution in [2.45, 2.75) is 6.92 Å². The number of nitrogens with one attached hydrogen (secondary N) is 2. The molecule has 0 saturated carbocycles. The molecule has 4 N–H and O–H groups in total. The predicted molar refractivity (Wildman–Crippen MR) is 85.8 cm³/mol. The van der Waals surface area contributed by atoms with Gasteiger partial charge in [-0.2, -0.15) is 0 Å². The number of carbonyl (C=O) groups excluding carboxylic acids is 1. The maximum Gasteiger partial charge on any atom is 0.221 e. The van der Waals surface area contributed by atoms with Crippen LogP contribution in [0.3, 0.4) is 0 Å². The number of thiocarbonyl (C=S) groups is 1. The molecule has 5 nitrogen and oxygen atoms in total. The Kier molecular flexibility index (Phi) is 4.39. The third-order valence-electron chi connectivity index (χ3n) is 2.69. The van der Waals surface area contributed by atoms with Crippen LogP contribution in [-0.2, 0) is 4.79 Å². The van der Waals surface area contributed by atoms with E-state index >= 15 is 0 Å². The summed E-state index contributed by atoms with van der Waals surface area (Å²) in [5.41, 5.74) is 1.83. The zero-order valence-corrected chi connectivity index (χ0v) is 12.1. The van der Waals surface area contributed by atoms with Crippen LogP contribution in [-0.4, -0.2) is 21.1 Å². The average Bonchev–Trinajstić information content (AvgIpc) is 2.40. The third kappa shape index (κ3) is 3.93. The first-order chi connectivity index (χ1) is 9.95. The van der Waals surface area contributed by atoms with Crippen LogP contribution >= 0.6 is 12.2 Å². The molecule has 0 spiro atoms. The van der Waals surface area contributed by atoms with E-state index in [0.29, 0.717) is 16.2 Å². The van der Waals surface area contributed by atoms with Crippen LogP contribution in [0.15, 0.2) is 42.5 Å². The van der Waals surface area contributed by atoms with Gasteiger partial charge in [0.05, 0.1) is 5.56 Å². The van der Waals surface area contributed by atoms with E-state index in [9.17, 15) is 15.0 Å². The quantitative estimate of drug-likeness (QED) is 0.656. The lowest BCUT2D eigenvalue weighted by Crippen LogP contribution is -2.11. The van der Waals surface area contributed by atoms with Crippen LogP contribution in [0, 0.1) is 0 Å². The standard InChI is InChI=1S/C15H14N2O3S/c1-9(18)16-10-2-4-11(5-3-10)17-15(21)13-7-6-12(19)8-14(13)20/h2-8,19-20H,1H3,(H,16,18)(H,17,21). The number of phenols is 2. The molecule has 0 unspecified atom stereocenters. The topological polar surface area (TPSA) is 81.6 Å². The summed E-state index contributed by atoms with van der Waals surface area (Å²) in [7, 11) is 0. The molecule has 2 rings (SSSR count). The molecule has 6 heteroatoms. The smallest absolute Gasteiger partial charge is 0.221 e.